The summed E-state index contributed by atoms with van der Waals surface area (Å²) in [5.41, 5.74) is 1.88. The van der Waals surface area contributed by atoms with Crippen LogP contribution >= 0.6 is 0 Å². The third-order valence-corrected chi connectivity index (χ3v) is 3.85. The zero-order valence-corrected chi connectivity index (χ0v) is 17.9. The first kappa shape index (κ1) is 21.4. The van der Waals surface area contributed by atoms with Gasteiger partial charge in [0.1, 0.15) is 0 Å². The van der Waals surface area contributed by atoms with Crippen LogP contribution in [0.2, 0.25) is 0 Å². The summed E-state index contributed by atoms with van der Waals surface area (Å²) in [4.78, 5) is 19.2. The molecule has 4 aromatic rings. The Labute approximate surface area is 177 Å². The van der Waals surface area contributed by atoms with E-state index in [4.69, 9.17) is 5.11 Å². The molecule has 0 aliphatic heterocycles. The van der Waals surface area contributed by atoms with Crippen LogP contribution in [0, 0.1) is 6.07 Å². The van der Waals surface area contributed by atoms with E-state index in [1.807, 2.05) is 48.7 Å². The number of allylic oxidation sites excluding steroid dienone is 2. The average molecular weight is 548 g/mol. The Morgan fingerprint density at radius 3 is 2.39 bits per heavy atom. The molecule has 0 unspecified atom stereocenters. The molecule has 0 aliphatic rings. The number of ketones is 1. The van der Waals surface area contributed by atoms with E-state index < -0.39 is 0 Å². The second-order valence-corrected chi connectivity index (χ2v) is 6.09. The number of nitrogens with zero attached hydrogens (tertiary/aromatic N) is 2. The van der Waals surface area contributed by atoms with Crippen LogP contribution in [0.15, 0.2) is 78.7 Å². The molecule has 0 saturated carbocycles. The molecule has 3 aromatic carbocycles. The monoisotopic (exact) mass is 548 g/mol. The van der Waals surface area contributed by atoms with Crippen LogP contribution in [0.3, 0.4) is 0 Å². The SMILES string of the molecule is CC(=O)/C=C(/C)O.[Ir].[c-]1ccccc1-c1ncc2c(ccc3ccccc32)n1. The van der Waals surface area contributed by atoms with E-state index in [0.29, 0.717) is 5.82 Å². The molecule has 1 radical (unpaired) electrons. The van der Waals surface area contributed by atoms with E-state index >= 15 is 0 Å². The van der Waals surface area contributed by atoms with Gasteiger partial charge in [0.25, 0.3) is 0 Å². The molecule has 4 nitrogen and oxygen atoms in total. The number of carbonyl (C=O) groups is 1. The minimum absolute atomic E-state index is 0. The molecule has 0 fully saturated rings. The number of aromatic nitrogens is 2. The summed E-state index contributed by atoms with van der Waals surface area (Å²) in [6.45, 7) is 2.85. The molecule has 0 bridgehead atoms. The molecule has 1 aromatic heterocycles. The fraction of sp³-hybridized carbons (Fsp3) is 0.0870. The number of benzene rings is 3. The summed E-state index contributed by atoms with van der Waals surface area (Å²) in [5.74, 6) is 0.654. The predicted molar refractivity (Wildman–Crippen MR) is 108 cm³/mol. The molecule has 0 amide bonds. The Morgan fingerprint density at radius 1 is 1.00 bits per heavy atom. The van der Waals surface area contributed by atoms with Gasteiger partial charge in [-0.15, -0.1) is 35.9 Å². The number of hydrogen-bond acceptors (Lipinski definition) is 4. The standard InChI is InChI=1S/C18H11N2.C5H8O2.Ir/c1-2-7-14(8-3-1)18-19-12-16-15-9-5-4-6-13(15)10-11-17(16)20-18;1-4(6)3-5(2)7;/h1-7,9-12H;3,6H,1-2H3;/q-1;;/b;4-3-;. The first-order valence-corrected chi connectivity index (χ1v) is 8.54. The normalized spacial score (nSPS) is 10.7. The van der Waals surface area contributed by atoms with Crippen molar-refractivity contribution < 1.29 is 30.0 Å². The van der Waals surface area contributed by atoms with Crippen molar-refractivity contribution in [2.45, 2.75) is 13.8 Å². The smallest absolute Gasteiger partial charge is 0.155 e. The van der Waals surface area contributed by atoms with E-state index in [0.717, 1.165) is 16.5 Å². The van der Waals surface area contributed by atoms with Gasteiger partial charge in [0.05, 0.1) is 17.1 Å². The van der Waals surface area contributed by atoms with Crippen molar-refractivity contribution in [3.05, 3.63) is 84.8 Å². The number of fused-ring (bicyclic) bond motifs is 3. The molecular formula is C23H19IrN2O2-. The van der Waals surface area contributed by atoms with Crippen molar-refractivity contribution in [3.8, 4) is 11.4 Å². The maximum atomic E-state index is 10.0. The van der Waals surface area contributed by atoms with E-state index in [1.54, 1.807) is 0 Å². The Bertz CT molecular complexity index is 1120. The molecule has 0 saturated heterocycles. The van der Waals surface area contributed by atoms with Gasteiger partial charge in [0.2, 0.25) is 0 Å². The fourth-order valence-corrected chi connectivity index (χ4v) is 2.74. The largest absolute Gasteiger partial charge is 0.512 e. The predicted octanol–water partition coefficient (Wildman–Crippen LogP) is 5.28. The zero-order valence-electron chi connectivity index (χ0n) is 15.5. The molecule has 1 N–H and O–H groups in total. The van der Waals surface area contributed by atoms with E-state index in [1.165, 1.54) is 30.7 Å². The Balaban J connectivity index is 0.000000306. The molecule has 0 spiro atoms. The quantitative estimate of drug-likeness (QED) is 0.161. The maximum absolute atomic E-state index is 10.0. The second-order valence-electron chi connectivity index (χ2n) is 6.09. The van der Waals surface area contributed by atoms with E-state index in [9.17, 15) is 4.79 Å². The number of aliphatic hydroxyl groups excluding tert-OH is 1. The van der Waals surface area contributed by atoms with Gasteiger partial charge < -0.3 is 5.11 Å². The van der Waals surface area contributed by atoms with Crippen molar-refractivity contribution in [1.29, 1.82) is 0 Å². The van der Waals surface area contributed by atoms with Gasteiger partial charge in [-0.25, -0.2) is 0 Å². The number of rotatable bonds is 2. The summed E-state index contributed by atoms with van der Waals surface area (Å²) in [6, 6.07) is 23.4. The van der Waals surface area contributed by atoms with E-state index in [2.05, 4.69) is 34.2 Å². The molecule has 143 valence electrons. The van der Waals surface area contributed by atoms with Crippen molar-refractivity contribution >= 4 is 27.5 Å². The summed E-state index contributed by atoms with van der Waals surface area (Å²) in [5, 5.41) is 11.8. The van der Waals surface area contributed by atoms with Crippen LogP contribution < -0.4 is 0 Å². The Morgan fingerprint density at radius 2 is 1.75 bits per heavy atom. The van der Waals surface area contributed by atoms with Crippen LogP contribution in [0.1, 0.15) is 13.8 Å². The van der Waals surface area contributed by atoms with Gasteiger partial charge in [-0.3, -0.25) is 14.8 Å². The summed E-state index contributed by atoms with van der Waals surface area (Å²) >= 11 is 0. The average Bonchev–Trinajstić information content (AvgIpc) is 2.67. The summed E-state index contributed by atoms with van der Waals surface area (Å²) < 4.78 is 0. The molecule has 5 heteroatoms. The van der Waals surface area contributed by atoms with Gasteiger partial charge in [-0.2, -0.15) is 0 Å². The summed E-state index contributed by atoms with van der Waals surface area (Å²) in [6.07, 6.45) is 3.07. The molecule has 0 aliphatic carbocycles. The molecule has 0 atom stereocenters. The summed E-state index contributed by atoms with van der Waals surface area (Å²) in [7, 11) is 0. The van der Waals surface area contributed by atoms with Gasteiger partial charge in [0, 0.05) is 37.8 Å². The van der Waals surface area contributed by atoms with E-state index in [-0.39, 0.29) is 31.6 Å². The van der Waals surface area contributed by atoms with Crippen molar-refractivity contribution in [2.24, 2.45) is 0 Å². The second kappa shape index (κ2) is 9.88. The van der Waals surface area contributed by atoms with Crippen LogP contribution in [-0.4, -0.2) is 20.9 Å². The van der Waals surface area contributed by atoms with Gasteiger partial charge in [-0.05, 0) is 30.7 Å². The third-order valence-electron chi connectivity index (χ3n) is 3.85. The van der Waals surface area contributed by atoms with Crippen LogP contribution in [0.5, 0.6) is 0 Å². The maximum Gasteiger partial charge on any atom is 0.155 e. The van der Waals surface area contributed by atoms with Gasteiger partial charge >= 0.3 is 0 Å². The van der Waals surface area contributed by atoms with Crippen molar-refractivity contribution in [1.82, 2.24) is 9.97 Å². The zero-order chi connectivity index (χ0) is 19.2. The number of hydrogen-bond donors (Lipinski definition) is 1. The number of aliphatic hydroxyl groups is 1. The van der Waals surface area contributed by atoms with Crippen molar-refractivity contribution in [2.75, 3.05) is 0 Å². The minimum atomic E-state index is -0.125. The molecule has 28 heavy (non-hydrogen) atoms. The van der Waals surface area contributed by atoms with Crippen LogP contribution in [0.4, 0.5) is 0 Å². The van der Waals surface area contributed by atoms with Crippen LogP contribution in [0.25, 0.3) is 33.1 Å². The fourth-order valence-electron chi connectivity index (χ4n) is 2.74. The van der Waals surface area contributed by atoms with Gasteiger partial charge in [0.15, 0.2) is 5.78 Å². The Hall–Kier alpha value is -2.88. The molecule has 4 rings (SSSR count). The topological polar surface area (TPSA) is 63.1 Å². The Kier molecular flexibility index (Phi) is 7.56. The molecule has 1 heterocycles. The first-order chi connectivity index (χ1) is 13.0. The molecular weight excluding hydrogens is 528 g/mol. The number of carbonyl (C=O) groups excluding carboxylic acids is 1. The van der Waals surface area contributed by atoms with Gasteiger partial charge in [-0.1, -0.05) is 30.3 Å². The minimum Gasteiger partial charge on any atom is -0.512 e. The van der Waals surface area contributed by atoms with Crippen LogP contribution in [-0.2, 0) is 24.9 Å². The third kappa shape index (κ3) is 5.32. The first-order valence-electron chi connectivity index (χ1n) is 8.54. The van der Waals surface area contributed by atoms with Crippen molar-refractivity contribution in [3.63, 3.8) is 0 Å².